The molecule has 0 aromatic heterocycles. The van der Waals surface area contributed by atoms with Gasteiger partial charge in [-0.1, -0.05) is 20.8 Å². The fraction of sp³-hybridized carbons (Fsp3) is 0.529. The molecule has 5 nitrogen and oxygen atoms in total. The van der Waals surface area contributed by atoms with E-state index in [2.05, 4.69) is 26.1 Å². The quantitative estimate of drug-likeness (QED) is 0.844. The van der Waals surface area contributed by atoms with Gasteiger partial charge in [-0.15, -0.1) is 0 Å². The summed E-state index contributed by atoms with van der Waals surface area (Å²) >= 11 is 0. The third kappa shape index (κ3) is 5.39. The maximum atomic E-state index is 12.2. The number of phenols is 1. The number of hydrogen-bond donors (Lipinski definition) is 2. The number of carbonyl (C=O) groups is 2. The molecule has 0 saturated carbocycles. The average Bonchev–Trinajstić information content (AvgIpc) is 2.34. The fourth-order valence-electron chi connectivity index (χ4n) is 2.68. The van der Waals surface area contributed by atoms with Gasteiger partial charge in [0.25, 0.3) is 0 Å². The van der Waals surface area contributed by atoms with Gasteiger partial charge in [0.15, 0.2) is 0 Å². The highest BCUT2D eigenvalue weighted by atomic mass is 16.3. The Hall–Kier alpha value is -2.04. The van der Waals surface area contributed by atoms with Crippen molar-refractivity contribution in [2.75, 3.05) is 11.9 Å². The van der Waals surface area contributed by atoms with Crippen molar-refractivity contribution in [3.63, 3.8) is 0 Å². The number of aromatic hydroxyl groups is 1. The van der Waals surface area contributed by atoms with Gasteiger partial charge in [-0.05, 0) is 49.9 Å². The van der Waals surface area contributed by atoms with E-state index in [1.807, 2.05) is 13.8 Å². The molecule has 0 aliphatic carbocycles. The Kier molecular flexibility index (Phi) is 5.22. The Morgan fingerprint density at radius 3 is 2.05 bits per heavy atom. The van der Waals surface area contributed by atoms with Gasteiger partial charge in [0.1, 0.15) is 5.75 Å². The molecule has 0 aliphatic heterocycles. The van der Waals surface area contributed by atoms with Crippen molar-refractivity contribution in [1.29, 1.82) is 0 Å². The minimum atomic E-state index is -0.634. The maximum absolute atomic E-state index is 12.2. The molecule has 2 N–H and O–H groups in total. The van der Waals surface area contributed by atoms with E-state index >= 15 is 0 Å². The van der Waals surface area contributed by atoms with Crippen molar-refractivity contribution in [1.82, 2.24) is 5.32 Å². The number of benzene rings is 1. The third-order valence-electron chi connectivity index (χ3n) is 3.16. The highest BCUT2D eigenvalue weighted by Crippen LogP contribution is 2.26. The van der Waals surface area contributed by atoms with E-state index in [0.717, 1.165) is 6.42 Å². The Labute approximate surface area is 132 Å². The summed E-state index contributed by atoms with van der Waals surface area (Å²) in [4.78, 5) is 25.7. The first kappa shape index (κ1) is 18.0. The van der Waals surface area contributed by atoms with Crippen LogP contribution >= 0.6 is 0 Å². The molecule has 22 heavy (non-hydrogen) atoms. The Bertz CT molecular complexity index is 542. The number of carbonyl (C=O) groups excluding carboxylic acids is 2. The molecule has 0 heterocycles. The van der Waals surface area contributed by atoms with E-state index in [1.54, 1.807) is 12.1 Å². The topological polar surface area (TPSA) is 69.6 Å². The fourth-order valence-corrected chi connectivity index (χ4v) is 2.68. The van der Waals surface area contributed by atoms with Gasteiger partial charge < -0.3 is 15.3 Å². The average molecular weight is 306 g/mol. The van der Waals surface area contributed by atoms with Crippen molar-refractivity contribution in [3.05, 3.63) is 24.3 Å². The zero-order chi connectivity index (χ0) is 17.1. The monoisotopic (exact) mass is 306 g/mol. The van der Waals surface area contributed by atoms with Crippen LogP contribution in [0.3, 0.4) is 0 Å². The number of rotatable bonds is 3. The summed E-state index contributed by atoms with van der Waals surface area (Å²) in [5.74, 6) is -1.15. The number of amides is 2. The van der Waals surface area contributed by atoms with E-state index in [4.69, 9.17) is 0 Å². The largest absolute Gasteiger partial charge is 0.508 e. The summed E-state index contributed by atoms with van der Waals surface area (Å²) in [7, 11) is 1.53. The first-order valence-electron chi connectivity index (χ1n) is 7.30. The minimum absolute atomic E-state index is 0.0443. The summed E-state index contributed by atoms with van der Waals surface area (Å²) in [6.45, 7) is 10.1. The van der Waals surface area contributed by atoms with Crippen LogP contribution in [0.1, 0.15) is 41.0 Å². The molecular weight excluding hydrogens is 280 g/mol. The highest BCUT2D eigenvalue weighted by Gasteiger charge is 2.30. The van der Waals surface area contributed by atoms with Crippen molar-refractivity contribution in [2.45, 2.75) is 46.6 Å². The van der Waals surface area contributed by atoms with Crippen LogP contribution in [0.15, 0.2) is 24.3 Å². The van der Waals surface area contributed by atoms with E-state index in [9.17, 15) is 14.7 Å². The van der Waals surface area contributed by atoms with Crippen molar-refractivity contribution >= 4 is 17.5 Å². The Balaban J connectivity index is 2.76. The molecule has 0 unspecified atom stereocenters. The van der Waals surface area contributed by atoms with Gasteiger partial charge in [-0.3, -0.25) is 9.59 Å². The molecule has 0 fully saturated rings. The number of anilines is 1. The van der Waals surface area contributed by atoms with Crippen molar-refractivity contribution in [2.24, 2.45) is 5.41 Å². The molecule has 0 aliphatic rings. The lowest BCUT2D eigenvalue weighted by Crippen LogP contribution is -2.51. The molecule has 0 spiro atoms. The van der Waals surface area contributed by atoms with Crippen LogP contribution in [0.5, 0.6) is 5.75 Å². The third-order valence-corrected chi connectivity index (χ3v) is 3.16. The molecule has 2 amide bonds. The number of phenolic OH excluding ortho intramolecular Hbond substituents is 1. The van der Waals surface area contributed by atoms with Crippen LogP contribution < -0.4 is 10.2 Å². The number of likely N-dealkylation sites (N-methyl/N-ethyl adjacent to an activating group) is 1. The lowest BCUT2D eigenvalue weighted by molar-refractivity contribution is -0.138. The van der Waals surface area contributed by atoms with E-state index in [1.165, 1.54) is 24.1 Å². The second-order valence-electron chi connectivity index (χ2n) is 7.46. The van der Waals surface area contributed by atoms with Gasteiger partial charge in [0, 0.05) is 18.3 Å². The van der Waals surface area contributed by atoms with Gasteiger partial charge in [-0.2, -0.15) is 0 Å². The SMILES string of the molecule is CN(C(=O)C(=O)NC(C)(C)CC(C)(C)C)c1ccc(O)cc1. The van der Waals surface area contributed by atoms with Crippen molar-refractivity contribution < 1.29 is 14.7 Å². The smallest absolute Gasteiger partial charge is 0.316 e. The summed E-state index contributed by atoms with van der Waals surface area (Å²) in [5.41, 5.74) is 0.121. The first-order valence-corrected chi connectivity index (χ1v) is 7.30. The lowest BCUT2D eigenvalue weighted by Gasteiger charge is -2.33. The highest BCUT2D eigenvalue weighted by molar-refractivity contribution is 6.40. The van der Waals surface area contributed by atoms with Crippen LogP contribution in [0.4, 0.5) is 5.69 Å². The standard InChI is InChI=1S/C17H26N2O3/c1-16(2,3)11-17(4,5)18-14(21)15(22)19(6)12-7-9-13(20)10-8-12/h7-10,20H,11H2,1-6H3,(H,18,21). The zero-order valence-electron chi connectivity index (χ0n) is 14.2. The molecule has 1 aromatic rings. The van der Waals surface area contributed by atoms with Crippen LogP contribution in [0.25, 0.3) is 0 Å². The second-order valence-corrected chi connectivity index (χ2v) is 7.46. The van der Waals surface area contributed by atoms with Gasteiger partial charge in [0.05, 0.1) is 0 Å². The van der Waals surface area contributed by atoms with Crippen LogP contribution in [-0.2, 0) is 9.59 Å². The van der Waals surface area contributed by atoms with E-state index in [-0.39, 0.29) is 11.2 Å². The summed E-state index contributed by atoms with van der Waals surface area (Å²) < 4.78 is 0. The van der Waals surface area contributed by atoms with Crippen LogP contribution in [0, 0.1) is 5.41 Å². The summed E-state index contributed by atoms with van der Waals surface area (Å²) in [6.07, 6.45) is 0.752. The molecule has 122 valence electrons. The molecule has 1 aromatic carbocycles. The van der Waals surface area contributed by atoms with Crippen molar-refractivity contribution in [3.8, 4) is 5.75 Å². The summed E-state index contributed by atoms with van der Waals surface area (Å²) in [5, 5.41) is 12.1. The normalized spacial score (nSPS) is 11.9. The zero-order valence-corrected chi connectivity index (χ0v) is 14.2. The van der Waals surface area contributed by atoms with Crippen LogP contribution in [0.2, 0.25) is 0 Å². The molecule has 5 heteroatoms. The van der Waals surface area contributed by atoms with E-state index in [0.29, 0.717) is 5.69 Å². The van der Waals surface area contributed by atoms with Gasteiger partial charge in [0.2, 0.25) is 0 Å². The van der Waals surface area contributed by atoms with Gasteiger partial charge >= 0.3 is 11.8 Å². The lowest BCUT2D eigenvalue weighted by atomic mass is 9.82. The first-order chi connectivity index (χ1) is 9.91. The number of nitrogens with zero attached hydrogens (tertiary/aromatic N) is 1. The molecule has 1 rings (SSSR count). The molecular formula is C17H26N2O3. The molecule has 0 atom stereocenters. The molecule has 0 bridgehead atoms. The number of hydrogen-bond acceptors (Lipinski definition) is 3. The minimum Gasteiger partial charge on any atom is -0.508 e. The molecule has 0 radical (unpaired) electrons. The Morgan fingerprint density at radius 2 is 1.59 bits per heavy atom. The molecule has 0 saturated heterocycles. The predicted molar refractivity (Wildman–Crippen MR) is 87.8 cm³/mol. The maximum Gasteiger partial charge on any atom is 0.316 e. The Morgan fingerprint density at radius 1 is 1.09 bits per heavy atom. The van der Waals surface area contributed by atoms with Crippen LogP contribution in [-0.4, -0.2) is 29.5 Å². The second kappa shape index (κ2) is 6.38. The predicted octanol–water partition coefficient (Wildman–Crippen LogP) is 2.69. The number of nitrogens with one attached hydrogen (secondary N) is 1. The summed E-state index contributed by atoms with van der Waals surface area (Å²) in [6, 6.07) is 6.11. The van der Waals surface area contributed by atoms with E-state index < -0.39 is 17.4 Å². The van der Waals surface area contributed by atoms with Gasteiger partial charge in [-0.25, -0.2) is 0 Å².